The van der Waals surface area contributed by atoms with E-state index in [0.29, 0.717) is 5.92 Å². The zero-order valence-electron chi connectivity index (χ0n) is 8.98. The number of thiazole rings is 1. The molecule has 0 spiro atoms. The van der Waals surface area contributed by atoms with Crippen LogP contribution in [0.2, 0.25) is 0 Å². The Balaban J connectivity index is 1.82. The van der Waals surface area contributed by atoms with Gasteiger partial charge in [0.2, 0.25) is 0 Å². The Morgan fingerprint density at radius 2 is 2.50 bits per heavy atom. The summed E-state index contributed by atoms with van der Waals surface area (Å²) >= 11 is 1.74. The van der Waals surface area contributed by atoms with Gasteiger partial charge in [0.1, 0.15) is 5.69 Å². The highest BCUT2D eigenvalue weighted by Gasteiger charge is 2.19. The van der Waals surface area contributed by atoms with Crippen molar-refractivity contribution < 1.29 is 4.42 Å². The van der Waals surface area contributed by atoms with Gasteiger partial charge in [-0.15, -0.1) is 11.3 Å². The molecular weight excluding hydrogens is 220 g/mol. The lowest BCUT2D eigenvalue weighted by molar-refractivity contribution is 0.460. The van der Waals surface area contributed by atoms with Gasteiger partial charge in [-0.3, -0.25) is 0 Å². The second kappa shape index (κ2) is 4.39. The summed E-state index contributed by atoms with van der Waals surface area (Å²) in [6.45, 7) is 2.21. The maximum atomic E-state index is 5.35. The lowest BCUT2D eigenvalue weighted by Crippen LogP contribution is -2.28. The van der Waals surface area contributed by atoms with Crippen molar-refractivity contribution in [1.29, 1.82) is 0 Å². The molecule has 0 amide bonds. The highest BCUT2D eigenvalue weighted by Crippen LogP contribution is 2.29. The minimum absolute atomic E-state index is 0.586. The van der Waals surface area contributed by atoms with Crippen LogP contribution in [-0.4, -0.2) is 18.1 Å². The molecule has 1 aliphatic rings. The van der Waals surface area contributed by atoms with E-state index in [1.165, 1.54) is 17.8 Å². The van der Waals surface area contributed by atoms with Crippen LogP contribution in [0.25, 0.3) is 11.5 Å². The minimum Gasteiger partial charge on any atom is -0.463 e. The molecule has 1 unspecified atom stereocenters. The van der Waals surface area contributed by atoms with Gasteiger partial charge in [-0.05, 0) is 31.5 Å². The van der Waals surface area contributed by atoms with E-state index in [1.54, 1.807) is 17.6 Å². The topological polar surface area (TPSA) is 38.1 Å². The van der Waals surface area contributed by atoms with Gasteiger partial charge in [-0.1, -0.05) is 0 Å². The highest BCUT2D eigenvalue weighted by atomic mass is 32.1. The Bertz CT molecular complexity index is 443. The van der Waals surface area contributed by atoms with E-state index >= 15 is 0 Å². The smallest absolute Gasteiger partial charge is 0.153 e. The van der Waals surface area contributed by atoms with E-state index in [9.17, 15) is 0 Å². The molecule has 1 atom stereocenters. The summed E-state index contributed by atoms with van der Waals surface area (Å²) in [4.78, 5) is 4.66. The lowest BCUT2D eigenvalue weighted by atomic mass is 10.0. The van der Waals surface area contributed by atoms with Crippen LogP contribution in [0, 0.1) is 0 Å². The van der Waals surface area contributed by atoms with Gasteiger partial charge >= 0.3 is 0 Å². The molecular formula is C12H14N2OS. The molecule has 84 valence electrons. The molecule has 1 aliphatic heterocycles. The first kappa shape index (κ1) is 10.1. The van der Waals surface area contributed by atoms with Crippen molar-refractivity contribution in [3.05, 3.63) is 28.8 Å². The van der Waals surface area contributed by atoms with Gasteiger partial charge in [-0.25, -0.2) is 4.98 Å². The van der Waals surface area contributed by atoms with Gasteiger partial charge in [0.15, 0.2) is 5.76 Å². The van der Waals surface area contributed by atoms with Crippen molar-refractivity contribution in [1.82, 2.24) is 10.3 Å². The molecule has 1 N–H and O–H groups in total. The molecule has 3 rings (SSSR count). The summed E-state index contributed by atoms with van der Waals surface area (Å²) in [5, 5.41) is 6.74. The van der Waals surface area contributed by atoms with E-state index in [2.05, 4.69) is 15.7 Å². The molecule has 1 fully saturated rings. The second-order valence-electron chi connectivity index (χ2n) is 4.09. The summed E-state index contributed by atoms with van der Waals surface area (Å²) in [5.74, 6) is 1.45. The molecule has 4 heteroatoms. The van der Waals surface area contributed by atoms with Crippen molar-refractivity contribution in [2.75, 3.05) is 13.1 Å². The van der Waals surface area contributed by atoms with Crippen LogP contribution in [0.15, 0.2) is 28.2 Å². The zero-order chi connectivity index (χ0) is 10.8. The third-order valence-corrected chi connectivity index (χ3v) is 3.95. The van der Waals surface area contributed by atoms with Crippen LogP contribution >= 0.6 is 11.3 Å². The number of nitrogens with one attached hydrogen (secondary N) is 1. The fraction of sp³-hybridized carbons (Fsp3) is 0.417. The van der Waals surface area contributed by atoms with Crippen LogP contribution < -0.4 is 5.32 Å². The van der Waals surface area contributed by atoms with Crippen LogP contribution in [0.1, 0.15) is 23.8 Å². The first-order valence-electron chi connectivity index (χ1n) is 5.63. The Hall–Kier alpha value is -1.13. The first-order valence-corrected chi connectivity index (χ1v) is 6.51. The van der Waals surface area contributed by atoms with Crippen LogP contribution in [-0.2, 0) is 0 Å². The number of piperidine rings is 1. The number of furan rings is 1. The van der Waals surface area contributed by atoms with Crippen molar-refractivity contribution in [3.63, 3.8) is 0 Å². The summed E-state index contributed by atoms with van der Waals surface area (Å²) < 4.78 is 5.35. The van der Waals surface area contributed by atoms with Gasteiger partial charge in [0, 0.05) is 17.8 Å². The molecule has 3 nitrogen and oxygen atoms in total. The quantitative estimate of drug-likeness (QED) is 0.868. The number of nitrogens with zero attached hydrogens (tertiary/aromatic N) is 1. The lowest BCUT2D eigenvalue weighted by Gasteiger charge is -2.20. The molecule has 0 bridgehead atoms. The van der Waals surface area contributed by atoms with E-state index in [0.717, 1.165) is 24.5 Å². The molecule has 1 saturated heterocycles. The molecule has 0 radical (unpaired) electrons. The van der Waals surface area contributed by atoms with Crippen LogP contribution in [0.5, 0.6) is 0 Å². The number of rotatable bonds is 2. The van der Waals surface area contributed by atoms with Crippen molar-refractivity contribution in [3.8, 4) is 11.5 Å². The Morgan fingerprint density at radius 1 is 1.50 bits per heavy atom. The average Bonchev–Trinajstić information content (AvgIpc) is 3.01. The minimum atomic E-state index is 0.586. The largest absolute Gasteiger partial charge is 0.463 e. The highest BCUT2D eigenvalue weighted by molar-refractivity contribution is 7.10. The Morgan fingerprint density at radius 3 is 3.25 bits per heavy atom. The Labute approximate surface area is 98.5 Å². The molecule has 2 aromatic rings. The van der Waals surface area contributed by atoms with E-state index in [4.69, 9.17) is 4.42 Å². The second-order valence-corrected chi connectivity index (χ2v) is 4.98. The molecule has 2 aromatic heterocycles. The average molecular weight is 234 g/mol. The zero-order valence-corrected chi connectivity index (χ0v) is 9.80. The van der Waals surface area contributed by atoms with Gasteiger partial charge in [0.25, 0.3) is 0 Å². The van der Waals surface area contributed by atoms with E-state index < -0.39 is 0 Å². The standard InChI is InChI=1S/C12H14N2OS/c1-3-9(7-13-5-1)12-14-10(8-16-12)11-4-2-6-15-11/h2,4,6,8-9,13H,1,3,5,7H2. The van der Waals surface area contributed by atoms with E-state index in [-0.39, 0.29) is 0 Å². The summed E-state index contributed by atoms with van der Waals surface area (Å²) in [6.07, 6.45) is 4.19. The van der Waals surface area contributed by atoms with E-state index in [1.807, 2.05) is 12.1 Å². The monoisotopic (exact) mass is 234 g/mol. The fourth-order valence-corrected chi connectivity index (χ4v) is 3.02. The Kier molecular flexibility index (Phi) is 2.76. The van der Waals surface area contributed by atoms with Crippen LogP contribution in [0.3, 0.4) is 0 Å². The van der Waals surface area contributed by atoms with Gasteiger partial charge < -0.3 is 9.73 Å². The van der Waals surface area contributed by atoms with Crippen molar-refractivity contribution in [2.24, 2.45) is 0 Å². The maximum Gasteiger partial charge on any atom is 0.153 e. The van der Waals surface area contributed by atoms with Crippen LogP contribution in [0.4, 0.5) is 0 Å². The van der Waals surface area contributed by atoms with Crippen molar-refractivity contribution in [2.45, 2.75) is 18.8 Å². The fourth-order valence-electron chi connectivity index (χ4n) is 2.08. The molecule has 0 aromatic carbocycles. The molecule has 3 heterocycles. The maximum absolute atomic E-state index is 5.35. The molecule has 16 heavy (non-hydrogen) atoms. The molecule has 0 aliphatic carbocycles. The number of aromatic nitrogens is 1. The SMILES string of the molecule is c1coc(-c2csc(C3CCCNC3)n2)c1. The predicted octanol–water partition coefficient (Wildman–Crippen LogP) is 2.87. The first-order chi connectivity index (χ1) is 7.93. The summed E-state index contributed by atoms with van der Waals surface area (Å²) in [7, 11) is 0. The van der Waals surface area contributed by atoms with Gasteiger partial charge in [0.05, 0.1) is 11.3 Å². The van der Waals surface area contributed by atoms with Gasteiger partial charge in [-0.2, -0.15) is 0 Å². The summed E-state index contributed by atoms with van der Waals surface area (Å²) in [6, 6.07) is 3.86. The predicted molar refractivity (Wildman–Crippen MR) is 64.7 cm³/mol. The summed E-state index contributed by atoms with van der Waals surface area (Å²) in [5.41, 5.74) is 0.968. The number of hydrogen-bond acceptors (Lipinski definition) is 4. The normalized spacial score (nSPS) is 21.1. The molecule has 0 saturated carbocycles. The third-order valence-electron chi connectivity index (χ3n) is 2.94. The van der Waals surface area contributed by atoms with Crippen molar-refractivity contribution >= 4 is 11.3 Å². The number of hydrogen-bond donors (Lipinski definition) is 1. The third kappa shape index (κ3) is 1.90.